The molecule has 1 fully saturated rings. The molecule has 0 bridgehead atoms. The van der Waals surface area contributed by atoms with E-state index in [2.05, 4.69) is 15.3 Å². The van der Waals surface area contributed by atoms with Crippen molar-refractivity contribution in [3.05, 3.63) is 53.6 Å². The summed E-state index contributed by atoms with van der Waals surface area (Å²) in [4.78, 5) is 21.2. The lowest BCUT2D eigenvalue weighted by molar-refractivity contribution is 0.00304. The number of fused-ring (bicyclic) bond motifs is 1. The van der Waals surface area contributed by atoms with E-state index in [0.29, 0.717) is 28.8 Å². The predicted octanol–water partition coefficient (Wildman–Crippen LogP) is 2.77. The molecule has 2 unspecified atom stereocenters. The minimum absolute atomic E-state index is 0.109. The topological polar surface area (TPSA) is 98.8 Å². The van der Waals surface area contributed by atoms with Crippen LogP contribution in [0.4, 0.5) is 10.1 Å². The van der Waals surface area contributed by atoms with E-state index in [-0.39, 0.29) is 18.2 Å². The SMILES string of the molecule is COc1ccc(C(=O)Nc2ccc(F)c(C34COCCC3CSC(N)=N4)c2)nc1. The van der Waals surface area contributed by atoms with Gasteiger partial charge in [0.2, 0.25) is 0 Å². The molecule has 0 spiro atoms. The van der Waals surface area contributed by atoms with Crippen molar-refractivity contribution in [2.75, 3.05) is 31.4 Å². The third-order valence-corrected chi connectivity index (χ3v) is 6.20. The summed E-state index contributed by atoms with van der Waals surface area (Å²) >= 11 is 1.48. The van der Waals surface area contributed by atoms with E-state index in [1.54, 1.807) is 18.2 Å². The molecular weight excluding hydrogens is 395 g/mol. The van der Waals surface area contributed by atoms with E-state index in [0.717, 1.165) is 12.2 Å². The smallest absolute Gasteiger partial charge is 0.274 e. The monoisotopic (exact) mass is 416 g/mol. The van der Waals surface area contributed by atoms with Crippen LogP contribution in [-0.2, 0) is 10.3 Å². The number of aliphatic imine (C=N–C) groups is 1. The molecular formula is C20H21FN4O3S. The third kappa shape index (κ3) is 3.79. The number of aromatic nitrogens is 1. The van der Waals surface area contributed by atoms with Crippen molar-refractivity contribution in [3.63, 3.8) is 0 Å². The fraction of sp³-hybridized carbons (Fsp3) is 0.350. The van der Waals surface area contributed by atoms with E-state index in [1.807, 2.05) is 0 Å². The van der Waals surface area contributed by atoms with Crippen LogP contribution < -0.4 is 15.8 Å². The zero-order valence-electron chi connectivity index (χ0n) is 15.9. The first kappa shape index (κ1) is 19.7. The quantitative estimate of drug-likeness (QED) is 0.795. The van der Waals surface area contributed by atoms with Crippen molar-refractivity contribution < 1.29 is 18.7 Å². The summed E-state index contributed by atoms with van der Waals surface area (Å²) in [6.45, 7) is 0.872. The highest BCUT2D eigenvalue weighted by atomic mass is 32.2. The minimum Gasteiger partial charge on any atom is -0.495 e. The number of nitrogens with zero attached hydrogens (tertiary/aromatic N) is 2. The van der Waals surface area contributed by atoms with Crippen LogP contribution in [0.25, 0.3) is 0 Å². The van der Waals surface area contributed by atoms with Crippen molar-refractivity contribution in [1.82, 2.24) is 4.98 Å². The van der Waals surface area contributed by atoms with Crippen LogP contribution in [0.3, 0.4) is 0 Å². The van der Waals surface area contributed by atoms with Gasteiger partial charge in [0.15, 0.2) is 5.17 Å². The zero-order valence-corrected chi connectivity index (χ0v) is 16.7. The number of carbonyl (C=O) groups is 1. The molecule has 7 nitrogen and oxygen atoms in total. The summed E-state index contributed by atoms with van der Waals surface area (Å²) in [7, 11) is 1.53. The van der Waals surface area contributed by atoms with Gasteiger partial charge in [-0.2, -0.15) is 0 Å². The molecule has 0 aliphatic carbocycles. The summed E-state index contributed by atoms with van der Waals surface area (Å²) in [6.07, 6.45) is 2.24. The molecule has 152 valence electrons. The number of ether oxygens (including phenoxy) is 2. The second kappa shape index (κ2) is 8.00. The molecule has 2 aromatic rings. The number of amidine groups is 1. The number of benzene rings is 1. The first-order valence-corrected chi connectivity index (χ1v) is 10.2. The van der Waals surface area contributed by atoms with Crippen LogP contribution in [0, 0.1) is 11.7 Å². The number of halogens is 1. The maximum Gasteiger partial charge on any atom is 0.274 e. The van der Waals surface area contributed by atoms with Gasteiger partial charge in [0.25, 0.3) is 5.91 Å². The predicted molar refractivity (Wildman–Crippen MR) is 110 cm³/mol. The van der Waals surface area contributed by atoms with Gasteiger partial charge in [0, 0.05) is 29.5 Å². The standard InChI is InChI=1S/C20H21FN4O3S/c1-27-14-3-5-17(23-9-14)18(26)24-13-2-4-16(21)15(8-13)20-11-28-7-6-12(20)10-29-19(22)25-20/h2-5,8-9,12H,6-7,10-11H2,1H3,(H2,22,25)(H,24,26). The molecule has 2 aliphatic rings. The number of thioether (sulfide) groups is 1. The highest BCUT2D eigenvalue weighted by Crippen LogP contribution is 2.45. The fourth-order valence-electron chi connectivity index (χ4n) is 3.69. The number of nitrogens with two attached hydrogens (primary N) is 1. The molecule has 0 saturated carbocycles. The van der Waals surface area contributed by atoms with Gasteiger partial charge < -0.3 is 20.5 Å². The second-order valence-electron chi connectivity index (χ2n) is 6.96. The van der Waals surface area contributed by atoms with Crippen LogP contribution in [0.1, 0.15) is 22.5 Å². The molecule has 9 heteroatoms. The Morgan fingerprint density at radius 3 is 3.03 bits per heavy atom. The van der Waals surface area contributed by atoms with Crippen molar-refractivity contribution >= 4 is 28.5 Å². The normalized spacial score (nSPS) is 23.7. The summed E-state index contributed by atoms with van der Waals surface area (Å²) < 4.78 is 25.6. The molecule has 4 rings (SSSR count). The van der Waals surface area contributed by atoms with Crippen LogP contribution >= 0.6 is 11.8 Å². The molecule has 2 atom stereocenters. The van der Waals surface area contributed by atoms with Gasteiger partial charge in [-0.1, -0.05) is 11.8 Å². The van der Waals surface area contributed by atoms with E-state index < -0.39 is 17.3 Å². The van der Waals surface area contributed by atoms with Crippen LogP contribution in [0.2, 0.25) is 0 Å². The van der Waals surface area contributed by atoms with Gasteiger partial charge in [-0.15, -0.1) is 0 Å². The summed E-state index contributed by atoms with van der Waals surface area (Å²) in [5.74, 6) is 0.617. The lowest BCUT2D eigenvalue weighted by Gasteiger charge is -2.43. The number of rotatable bonds is 4. The Hall–Kier alpha value is -2.65. The average Bonchev–Trinajstić information content (AvgIpc) is 2.74. The van der Waals surface area contributed by atoms with E-state index in [1.165, 1.54) is 37.2 Å². The lowest BCUT2D eigenvalue weighted by atomic mass is 9.76. The van der Waals surface area contributed by atoms with Gasteiger partial charge in [0.1, 0.15) is 22.8 Å². The number of carbonyl (C=O) groups excluding carboxylic acids is 1. The summed E-state index contributed by atoms with van der Waals surface area (Å²) in [5.41, 5.74) is 6.16. The lowest BCUT2D eigenvalue weighted by Crippen LogP contribution is -2.48. The van der Waals surface area contributed by atoms with Crippen molar-refractivity contribution in [1.29, 1.82) is 0 Å². The number of hydrogen-bond donors (Lipinski definition) is 2. The zero-order chi connectivity index (χ0) is 20.4. The first-order valence-electron chi connectivity index (χ1n) is 9.19. The van der Waals surface area contributed by atoms with E-state index in [9.17, 15) is 9.18 Å². The number of amides is 1. The number of pyridine rings is 1. The molecule has 29 heavy (non-hydrogen) atoms. The van der Waals surface area contributed by atoms with Gasteiger partial charge in [-0.05, 0) is 36.8 Å². The van der Waals surface area contributed by atoms with Crippen LogP contribution in [0.5, 0.6) is 5.75 Å². The Balaban J connectivity index is 1.65. The average molecular weight is 416 g/mol. The third-order valence-electron chi connectivity index (χ3n) is 5.25. The van der Waals surface area contributed by atoms with Crippen LogP contribution in [-0.4, -0.2) is 42.1 Å². The van der Waals surface area contributed by atoms with Gasteiger partial charge in [-0.25, -0.2) is 14.4 Å². The second-order valence-corrected chi connectivity index (χ2v) is 8.00. The molecule has 2 aliphatic heterocycles. The Morgan fingerprint density at radius 1 is 1.41 bits per heavy atom. The number of nitrogens with one attached hydrogen (secondary N) is 1. The maximum absolute atomic E-state index is 14.9. The Bertz CT molecular complexity index is 953. The molecule has 3 N–H and O–H groups in total. The molecule has 1 amide bonds. The van der Waals surface area contributed by atoms with E-state index >= 15 is 0 Å². The summed E-state index contributed by atoms with van der Waals surface area (Å²) in [6, 6.07) is 7.68. The molecule has 1 aromatic carbocycles. The fourth-order valence-corrected chi connectivity index (χ4v) is 4.73. The molecule has 1 aromatic heterocycles. The van der Waals surface area contributed by atoms with Gasteiger partial charge >= 0.3 is 0 Å². The van der Waals surface area contributed by atoms with Crippen molar-refractivity contribution in [2.45, 2.75) is 12.0 Å². The Kier molecular flexibility index (Phi) is 5.42. The minimum atomic E-state index is -0.878. The number of anilines is 1. The highest BCUT2D eigenvalue weighted by Gasteiger charge is 2.47. The molecule has 0 radical (unpaired) electrons. The largest absolute Gasteiger partial charge is 0.495 e. The summed E-state index contributed by atoms with van der Waals surface area (Å²) in [5, 5.41) is 3.19. The highest BCUT2D eigenvalue weighted by molar-refractivity contribution is 8.13. The number of hydrogen-bond acceptors (Lipinski definition) is 7. The van der Waals surface area contributed by atoms with Crippen molar-refractivity contribution in [3.8, 4) is 5.75 Å². The molecule has 1 saturated heterocycles. The van der Waals surface area contributed by atoms with Gasteiger partial charge in [0.05, 0.1) is 19.9 Å². The van der Waals surface area contributed by atoms with Gasteiger partial charge in [-0.3, -0.25) is 4.79 Å². The Labute approximate surface area is 171 Å². The first-order chi connectivity index (χ1) is 14.0. The number of methoxy groups -OCH3 is 1. The maximum atomic E-state index is 14.9. The van der Waals surface area contributed by atoms with Crippen molar-refractivity contribution in [2.24, 2.45) is 16.6 Å². The van der Waals surface area contributed by atoms with E-state index in [4.69, 9.17) is 15.2 Å². The molecule has 3 heterocycles. The Morgan fingerprint density at radius 2 is 2.28 bits per heavy atom. The van der Waals surface area contributed by atoms with Crippen LogP contribution in [0.15, 0.2) is 41.5 Å².